The highest BCUT2D eigenvalue weighted by molar-refractivity contribution is 5.76. The lowest BCUT2D eigenvalue weighted by atomic mass is 10.0. The zero-order valence-electron chi connectivity index (χ0n) is 48.4. The van der Waals surface area contributed by atoms with Gasteiger partial charge in [-0.3, -0.25) is 9.59 Å². The van der Waals surface area contributed by atoms with Gasteiger partial charge in [-0.1, -0.05) is 307 Å². The maximum Gasteiger partial charge on any atom is 0.305 e. The van der Waals surface area contributed by atoms with Gasteiger partial charge in [0.15, 0.2) is 0 Å². The molecule has 0 aromatic rings. The molecular weight excluding hydrogens is 887 g/mol. The van der Waals surface area contributed by atoms with Crippen molar-refractivity contribution in [3.05, 3.63) is 36.5 Å². The Bertz CT molecular complexity index is 1170. The Balaban J connectivity index is 3.34. The predicted molar refractivity (Wildman–Crippen MR) is 315 cm³/mol. The van der Waals surface area contributed by atoms with Crippen molar-refractivity contribution in [3.63, 3.8) is 0 Å². The smallest absolute Gasteiger partial charge is 0.305 e. The summed E-state index contributed by atoms with van der Waals surface area (Å²) < 4.78 is 5.49. The van der Waals surface area contributed by atoms with Crippen LogP contribution in [0.3, 0.4) is 0 Å². The van der Waals surface area contributed by atoms with Crippen molar-refractivity contribution in [2.24, 2.45) is 0 Å². The van der Waals surface area contributed by atoms with Crippen LogP contribution in [0.4, 0.5) is 0 Å². The SMILES string of the molecule is CCCCCC/C=C\C/C=C\CCCCCCCC(=O)OCCCCCCCCCCCCCCCCCCCCCCCCCCCCCCC(=O)NC(CO)C(O)/C=C/CCCCCCCCCCC. The van der Waals surface area contributed by atoms with Crippen molar-refractivity contribution in [1.29, 1.82) is 0 Å². The molecule has 6 nitrogen and oxygen atoms in total. The molecule has 0 spiro atoms. The summed E-state index contributed by atoms with van der Waals surface area (Å²) >= 11 is 0. The third-order valence-electron chi connectivity index (χ3n) is 14.9. The molecule has 0 aliphatic heterocycles. The Labute approximate surface area is 449 Å². The van der Waals surface area contributed by atoms with Gasteiger partial charge in [0, 0.05) is 12.8 Å². The van der Waals surface area contributed by atoms with E-state index in [9.17, 15) is 19.8 Å². The third kappa shape index (κ3) is 57.4. The zero-order chi connectivity index (χ0) is 52.2. The molecule has 6 heteroatoms. The van der Waals surface area contributed by atoms with Crippen LogP contribution < -0.4 is 5.32 Å². The number of amides is 1. The highest BCUT2D eigenvalue weighted by Crippen LogP contribution is 2.18. The second kappa shape index (κ2) is 61.6. The fourth-order valence-electron chi connectivity index (χ4n) is 9.96. The van der Waals surface area contributed by atoms with Gasteiger partial charge < -0.3 is 20.3 Å². The normalized spacial score (nSPS) is 12.8. The van der Waals surface area contributed by atoms with Gasteiger partial charge in [-0.25, -0.2) is 0 Å². The summed E-state index contributed by atoms with van der Waals surface area (Å²) in [5, 5.41) is 23.0. The maximum absolute atomic E-state index is 12.4. The fraction of sp³-hybridized carbons (Fsp3) is 0.879. The number of carbonyl (C=O) groups excluding carboxylic acids is 2. The van der Waals surface area contributed by atoms with Crippen molar-refractivity contribution in [3.8, 4) is 0 Å². The standard InChI is InChI=1S/C66H125NO5/c1-3-5-7-9-11-13-15-16-17-33-36-40-44-48-52-56-60-66(71)72-61-57-53-49-45-41-37-34-31-29-27-25-23-21-19-18-20-22-24-26-28-30-32-35-39-43-47-51-55-59-65(70)67-63(62-68)64(69)58-54-50-46-42-38-14-12-10-8-6-4-2/h13,15,17,33,54,58,63-64,68-69H,3-12,14,16,18-32,34-53,55-57,59-62H2,1-2H3,(H,67,70)/b15-13-,33-17-,58-54+. The Morgan fingerprint density at radius 2 is 0.694 bits per heavy atom. The molecule has 0 saturated heterocycles. The molecular formula is C66H125NO5. The minimum atomic E-state index is -0.841. The van der Waals surface area contributed by atoms with E-state index in [0.717, 1.165) is 51.4 Å². The van der Waals surface area contributed by atoms with Crippen molar-refractivity contribution < 1.29 is 24.5 Å². The first kappa shape index (κ1) is 70.1. The van der Waals surface area contributed by atoms with Gasteiger partial charge in [0.2, 0.25) is 5.91 Å². The average molecular weight is 1010 g/mol. The lowest BCUT2D eigenvalue weighted by Gasteiger charge is -2.20. The van der Waals surface area contributed by atoms with Crippen LogP contribution in [0, 0.1) is 0 Å². The van der Waals surface area contributed by atoms with Crippen LogP contribution in [0.2, 0.25) is 0 Å². The number of hydrogen-bond acceptors (Lipinski definition) is 5. The van der Waals surface area contributed by atoms with Gasteiger partial charge in [0.1, 0.15) is 0 Å². The van der Waals surface area contributed by atoms with E-state index < -0.39 is 12.1 Å². The Hall–Kier alpha value is -1.92. The summed E-state index contributed by atoms with van der Waals surface area (Å²) in [6.45, 7) is 4.88. The van der Waals surface area contributed by atoms with Crippen molar-refractivity contribution in [2.45, 2.75) is 360 Å². The molecule has 3 N–H and O–H groups in total. The number of allylic oxidation sites excluding steroid dienone is 5. The van der Waals surface area contributed by atoms with E-state index in [-0.39, 0.29) is 18.5 Å². The van der Waals surface area contributed by atoms with E-state index in [4.69, 9.17) is 4.74 Å². The molecule has 424 valence electrons. The number of rotatable bonds is 60. The largest absolute Gasteiger partial charge is 0.466 e. The molecule has 0 radical (unpaired) electrons. The first-order valence-corrected chi connectivity index (χ1v) is 32.3. The number of unbranched alkanes of at least 4 members (excludes halogenated alkanes) is 45. The van der Waals surface area contributed by atoms with Gasteiger partial charge in [0.25, 0.3) is 0 Å². The van der Waals surface area contributed by atoms with Crippen LogP contribution >= 0.6 is 0 Å². The van der Waals surface area contributed by atoms with E-state index in [1.165, 1.54) is 270 Å². The minimum absolute atomic E-state index is 0.00492. The topological polar surface area (TPSA) is 95.9 Å². The second-order valence-electron chi connectivity index (χ2n) is 22.1. The molecule has 0 fully saturated rings. The van der Waals surface area contributed by atoms with Crippen LogP contribution in [-0.2, 0) is 14.3 Å². The van der Waals surface area contributed by atoms with Crippen LogP contribution in [0.5, 0.6) is 0 Å². The number of ether oxygens (including phenoxy) is 1. The molecule has 0 heterocycles. The maximum atomic E-state index is 12.4. The number of aliphatic hydroxyl groups is 2. The molecule has 0 aliphatic carbocycles. The van der Waals surface area contributed by atoms with E-state index in [2.05, 4.69) is 43.5 Å². The monoisotopic (exact) mass is 1010 g/mol. The molecule has 0 aromatic heterocycles. The molecule has 1 amide bonds. The molecule has 0 bridgehead atoms. The first-order valence-electron chi connectivity index (χ1n) is 32.3. The Kier molecular flexibility index (Phi) is 60.0. The van der Waals surface area contributed by atoms with E-state index >= 15 is 0 Å². The summed E-state index contributed by atoms with van der Waals surface area (Å²) in [4.78, 5) is 24.5. The molecule has 0 aliphatic rings. The van der Waals surface area contributed by atoms with Crippen LogP contribution in [-0.4, -0.2) is 47.4 Å². The third-order valence-corrected chi connectivity index (χ3v) is 14.9. The molecule has 2 atom stereocenters. The summed E-state index contributed by atoms with van der Waals surface area (Å²) in [5.41, 5.74) is 0. The van der Waals surface area contributed by atoms with E-state index in [1.807, 2.05) is 6.08 Å². The van der Waals surface area contributed by atoms with Gasteiger partial charge in [-0.15, -0.1) is 0 Å². The molecule has 72 heavy (non-hydrogen) atoms. The van der Waals surface area contributed by atoms with Gasteiger partial charge in [-0.05, 0) is 64.2 Å². The molecule has 2 unspecified atom stereocenters. The first-order chi connectivity index (χ1) is 35.5. The molecule has 0 aromatic carbocycles. The Morgan fingerprint density at radius 1 is 0.389 bits per heavy atom. The van der Waals surface area contributed by atoms with Gasteiger partial charge in [0.05, 0.1) is 25.4 Å². The van der Waals surface area contributed by atoms with E-state index in [0.29, 0.717) is 19.4 Å². The van der Waals surface area contributed by atoms with Crippen LogP contribution in [0.15, 0.2) is 36.5 Å². The summed E-state index contributed by atoms with van der Waals surface area (Å²) in [6.07, 6.45) is 77.8. The minimum Gasteiger partial charge on any atom is -0.466 e. The van der Waals surface area contributed by atoms with E-state index in [1.54, 1.807) is 6.08 Å². The number of aliphatic hydroxyl groups excluding tert-OH is 2. The molecule has 0 rings (SSSR count). The zero-order valence-corrected chi connectivity index (χ0v) is 48.4. The van der Waals surface area contributed by atoms with Crippen molar-refractivity contribution in [2.75, 3.05) is 13.2 Å². The quantitative estimate of drug-likeness (QED) is 0.0320. The van der Waals surface area contributed by atoms with Crippen molar-refractivity contribution >= 4 is 11.9 Å². The second-order valence-corrected chi connectivity index (χ2v) is 22.1. The van der Waals surface area contributed by atoms with Crippen LogP contribution in [0.25, 0.3) is 0 Å². The predicted octanol–water partition coefficient (Wildman–Crippen LogP) is 20.4. The highest BCUT2D eigenvalue weighted by Gasteiger charge is 2.18. The van der Waals surface area contributed by atoms with Crippen molar-refractivity contribution in [1.82, 2.24) is 5.32 Å². The number of esters is 1. The average Bonchev–Trinajstić information content (AvgIpc) is 3.38. The fourth-order valence-corrected chi connectivity index (χ4v) is 9.96. The lowest BCUT2D eigenvalue weighted by Crippen LogP contribution is -2.45. The molecule has 0 saturated carbocycles. The van der Waals surface area contributed by atoms with Gasteiger partial charge >= 0.3 is 5.97 Å². The number of nitrogens with one attached hydrogen (secondary N) is 1. The highest BCUT2D eigenvalue weighted by atomic mass is 16.5. The summed E-state index contributed by atoms with van der Waals surface area (Å²) in [6, 6.07) is -0.624. The summed E-state index contributed by atoms with van der Waals surface area (Å²) in [5.74, 6) is -0.0605. The number of carbonyl (C=O) groups is 2. The Morgan fingerprint density at radius 3 is 1.07 bits per heavy atom. The lowest BCUT2D eigenvalue weighted by molar-refractivity contribution is -0.143. The summed E-state index contributed by atoms with van der Waals surface area (Å²) in [7, 11) is 0. The van der Waals surface area contributed by atoms with Crippen LogP contribution in [0.1, 0.15) is 348 Å². The number of hydrogen-bond donors (Lipinski definition) is 3. The van der Waals surface area contributed by atoms with Gasteiger partial charge in [-0.2, -0.15) is 0 Å².